The van der Waals surface area contributed by atoms with Gasteiger partial charge in [0.2, 0.25) is 5.82 Å². The number of nitrogens with zero attached hydrogens (tertiary/aromatic N) is 3. The number of alkyl halides is 1. The van der Waals surface area contributed by atoms with Crippen molar-refractivity contribution in [2.24, 2.45) is 5.29 Å². The number of amides is 2. The molecule has 1 aliphatic rings. The fraction of sp³-hybridized carbons (Fsp3) is 0.583. The summed E-state index contributed by atoms with van der Waals surface area (Å²) in [4.78, 5) is 47.2. The molecule has 0 bridgehead atoms. The number of carbonyl (C=O) groups excluding carboxylic acids is 1. The van der Waals surface area contributed by atoms with E-state index in [0.717, 1.165) is 4.57 Å². The largest absolute Gasteiger partial charge is 0.394 e. The molecular formula is C12H15ClFN5O6. The molecule has 25 heavy (non-hydrogen) atoms. The predicted octanol–water partition coefficient (Wildman–Crippen LogP) is -0.744. The van der Waals surface area contributed by atoms with Crippen LogP contribution >= 0.6 is 11.6 Å². The van der Waals surface area contributed by atoms with E-state index < -0.39 is 48.1 Å². The molecule has 13 heteroatoms. The topological polar surface area (TPSA) is 146 Å². The molecule has 2 heterocycles. The summed E-state index contributed by atoms with van der Waals surface area (Å²) in [5.74, 6) is -1.20. The molecule has 0 saturated carbocycles. The zero-order valence-electron chi connectivity index (χ0n) is 12.7. The average Bonchev–Trinajstić information content (AvgIpc) is 2.98. The second kappa shape index (κ2) is 8.18. The lowest BCUT2D eigenvalue weighted by molar-refractivity contribution is -0.0290. The number of rotatable bonds is 6. The highest BCUT2D eigenvalue weighted by molar-refractivity contribution is 6.18. The fourth-order valence-electron chi connectivity index (χ4n) is 2.39. The van der Waals surface area contributed by atoms with Gasteiger partial charge in [-0.05, 0) is 0 Å². The number of ether oxygens (including phenoxy) is 1. The van der Waals surface area contributed by atoms with E-state index in [0.29, 0.717) is 11.2 Å². The van der Waals surface area contributed by atoms with Crippen molar-refractivity contribution in [3.63, 3.8) is 0 Å². The molecule has 2 amide bonds. The highest BCUT2D eigenvalue weighted by Gasteiger charge is 2.38. The zero-order chi connectivity index (χ0) is 18.6. The molecule has 1 fully saturated rings. The summed E-state index contributed by atoms with van der Waals surface area (Å²) < 4.78 is 19.6. The molecule has 0 radical (unpaired) electrons. The number of H-pyrrole nitrogens is 1. The van der Waals surface area contributed by atoms with Crippen LogP contribution in [0, 0.1) is 10.7 Å². The van der Waals surface area contributed by atoms with Crippen LogP contribution in [-0.4, -0.2) is 56.9 Å². The second-order valence-electron chi connectivity index (χ2n) is 5.14. The second-order valence-corrected chi connectivity index (χ2v) is 5.52. The Balaban J connectivity index is 2.16. The number of nitroso groups, excluding NO2 is 1. The molecule has 0 aromatic carbocycles. The van der Waals surface area contributed by atoms with Crippen LogP contribution in [0.2, 0.25) is 0 Å². The molecule has 1 saturated heterocycles. The first-order chi connectivity index (χ1) is 11.9. The first-order valence-corrected chi connectivity index (χ1v) is 7.69. The number of carbonyl (C=O) groups is 1. The van der Waals surface area contributed by atoms with Gasteiger partial charge in [-0.15, -0.1) is 16.5 Å². The Morgan fingerprint density at radius 1 is 1.60 bits per heavy atom. The van der Waals surface area contributed by atoms with Crippen molar-refractivity contribution in [2.45, 2.75) is 24.8 Å². The molecule has 1 aliphatic heterocycles. The Hall–Kier alpha value is -2.31. The van der Waals surface area contributed by atoms with Gasteiger partial charge in [0.15, 0.2) is 0 Å². The maximum absolute atomic E-state index is 13.4. The minimum atomic E-state index is -1.19. The average molecular weight is 380 g/mol. The van der Waals surface area contributed by atoms with Crippen LogP contribution in [0.5, 0.6) is 0 Å². The monoisotopic (exact) mass is 379 g/mol. The number of urea groups is 1. The zero-order valence-corrected chi connectivity index (χ0v) is 13.5. The van der Waals surface area contributed by atoms with Crippen LogP contribution in [0.1, 0.15) is 12.6 Å². The van der Waals surface area contributed by atoms with Gasteiger partial charge in [0.05, 0.1) is 30.7 Å². The van der Waals surface area contributed by atoms with E-state index in [1.54, 1.807) is 4.98 Å². The maximum atomic E-state index is 13.4. The molecule has 3 N–H and O–H groups in total. The molecule has 0 aliphatic carbocycles. The highest BCUT2D eigenvalue weighted by atomic mass is 35.5. The molecule has 1 aromatic rings. The lowest BCUT2D eigenvalue weighted by Gasteiger charge is -2.20. The summed E-state index contributed by atoms with van der Waals surface area (Å²) >= 11 is 5.45. The molecular weight excluding hydrogens is 365 g/mol. The van der Waals surface area contributed by atoms with Crippen LogP contribution < -0.4 is 16.6 Å². The van der Waals surface area contributed by atoms with E-state index in [2.05, 4.69) is 10.6 Å². The van der Waals surface area contributed by atoms with E-state index >= 15 is 0 Å². The normalized spacial score (nSPS) is 22.6. The number of halogens is 2. The van der Waals surface area contributed by atoms with Crippen LogP contribution in [0.4, 0.5) is 9.18 Å². The van der Waals surface area contributed by atoms with Crippen molar-refractivity contribution in [3.05, 3.63) is 37.8 Å². The fourth-order valence-corrected chi connectivity index (χ4v) is 2.55. The van der Waals surface area contributed by atoms with Gasteiger partial charge in [-0.25, -0.2) is 9.59 Å². The standard InChI is InChI=1S/C12H15ClFN5O6/c13-1-2-19(17-24)12(23)15-7-3-9(25-8(7)5-20)18-4-6(14)10(21)16-11(18)22/h4,7-9,20H,1-3,5H2,(H,15,23)(H,16,21,22)/t7-,8+,9+/m1/s1. The third-order valence-electron chi connectivity index (χ3n) is 3.59. The summed E-state index contributed by atoms with van der Waals surface area (Å²) in [5, 5.41) is 14.9. The van der Waals surface area contributed by atoms with Gasteiger partial charge in [0.25, 0.3) is 5.56 Å². The van der Waals surface area contributed by atoms with Gasteiger partial charge < -0.3 is 15.2 Å². The number of aromatic nitrogens is 2. The molecule has 11 nitrogen and oxygen atoms in total. The van der Waals surface area contributed by atoms with Crippen LogP contribution in [0.15, 0.2) is 21.1 Å². The lowest BCUT2D eigenvalue weighted by atomic mass is 10.1. The number of aliphatic hydroxyl groups is 1. The van der Waals surface area contributed by atoms with Crippen molar-refractivity contribution in [1.82, 2.24) is 19.9 Å². The van der Waals surface area contributed by atoms with Crippen molar-refractivity contribution >= 4 is 17.6 Å². The third kappa shape index (κ3) is 4.21. The maximum Gasteiger partial charge on any atom is 0.340 e. The lowest BCUT2D eigenvalue weighted by Crippen LogP contribution is -2.47. The SMILES string of the molecule is O=NN(CCCl)C(=O)N[C@@H]1C[C@@H](n2cc(F)c(=O)[nH]c2=O)O[C@H]1CO. The van der Waals surface area contributed by atoms with Crippen LogP contribution in [0.3, 0.4) is 0 Å². The molecule has 138 valence electrons. The first kappa shape index (κ1) is 19.0. The number of aliphatic hydroxyl groups excluding tert-OH is 1. The van der Waals surface area contributed by atoms with Gasteiger partial charge >= 0.3 is 11.7 Å². The quantitative estimate of drug-likeness (QED) is 0.337. The Morgan fingerprint density at radius 2 is 2.32 bits per heavy atom. The van der Waals surface area contributed by atoms with E-state index in [-0.39, 0.29) is 18.8 Å². The number of hydrogen-bond donors (Lipinski definition) is 3. The molecule has 3 atom stereocenters. The summed E-state index contributed by atoms with van der Waals surface area (Å²) in [6.45, 7) is -0.631. The third-order valence-corrected chi connectivity index (χ3v) is 3.76. The van der Waals surface area contributed by atoms with Crippen LogP contribution in [-0.2, 0) is 4.74 Å². The van der Waals surface area contributed by atoms with Crippen molar-refractivity contribution in [2.75, 3.05) is 19.0 Å². The van der Waals surface area contributed by atoms with Gasteiger partial charge in [0.1, 0.15) is 12.3 Å². The Bertz CT molecular complexity index is 754. The smallest absolute Gasteiger partial charge is 0.340 e. The summed E-state index contributed by atoms with van der Waals surface area (Å²) in [5.41, 5.74) is -2.07. The van der Waals surface area contributed by atoms with E-state index in [4.69, 9.17) is 16.3 Å². The highest BCUT2D eigenvalue weighted by Crippen LogP contribution is 2.27. The Labute approximate surface area is 144 Å². The summed E-state index contributed by atoms with van der Waals surface area (Å²) in [6.07, 6.45) is -1.29. The minimum Gasteiger partial charge on any atom is -0.394 e. The van der Waals surface area contributed by atoms with E-state index in [1.807, 2.05) is 0 Å². The molecule has 2 rings (SSSR count). The van der Waals surface area contributed by atoms with Gasteiger partial charge in [-0.3, -0.25) is 14.3 Å². The van der Waals surface area contributed by atoms with E-state index in [1.165, 1.54) is 0 Å². The van der Waals surface area contributed by atoms with E-state index in [9.17, 15) is 28.8 Å². The molecule has 1 aromatic heterocycles. The predicted molar refractivity (Wildman–Crippen MR) is 82.4 cm³/mol. The van der Waals surface area contributed by atoms with Crippen molar-refractivity contribution in [1.29, 1.82) is 0 Å². The first-order valence-electron chi connectivity index (χ1n) is 7.15. The van der Waals surface area contributed by atoms with Gasteiger partial charge in [-0.1, -0.05) is 0 Å². The molecule has 0 unspecified atom stereocenters. The van der Waals surface area contributed by atoms with Crippen molar-refractivity contribution < 1.29 is 19.0 Å². The van der Waals surface area contributed by atoms with Gasteiger partial charge in [0, 0.05) is 12.3 Å². The van der Waals surface area contributed by atoms with Crippen molar-refractivity contribution in [3.8, 4) is 0 Å². The number of aromatic amines is 1. The summed E-state index contributed by atoms with van der Waals surface area (Å²) in [7, 11) is 0. The summed E-state index contributed by atoms with van der Waals surface area (Å²) in [6, 6.07) is -1.65. The Kier molecular flexibility index (Phi) is 6.22. The Morgan fingerprint density at radius 3 is 2.92 bits per heavy atom. The minimum absolute atomic E-state index is 0.0154. The number of hydrogen-bond acceptors (Lipinski definition) is 7. The molecule has 0 spiro atoms. The number of nitrogens with one attached hydrogen (secondary N) is 2. The van der Waals surface area contributed by atoms with Gasteiger partial charge in [-0.2, -0.15) is 9.40 Å². The van der Waals surface area contributed by atoms with Crippen LogP contribution in [0.25, 0.3) is 0 Å².